The van der Waals surface area contributed by atoms with Crippen molar-refractivity contribution >= 4 is 17.7 Å². The summed E-state index contributed by atoms with van der Waals surface area (Å²) in [5.74, 6) is -0.639. The lowest BCUT2D eigenvalue weighted by Crippen LogP contribution is -2.36. The van der Waals surface area contributed by atoms with Gasteiger partial charge < -0.3 is 9.88 Å². The molecule has 1 aromatic carbocycles. The highest BCUT2D eigenvalue weighted by Gasteiger charge is 2.36. The van der Waals surface area contributed by atoms with Crippen LogP contribution in [0.4, 0.5) is 0 Å². The van der Waals surface area contributed by atoms with Crippen LogP contribution in [0.3, 0.4) is 0 Å². The minimum Gasteiger partial charge on any atom is -0.363 e. The SMILES string of the molecule is O=C1c2ccccc2C(=O)N1CCC(=O)N1CCCC1c1ccc[nH]1. The fourth-order valence-electron chi connectivity index (χ4n) is 3.73. The molecule has 2 aliphatic heterocycles. The zero-order valence-corrected chi connectivity index (χ0v) is 13.8. The van der Waals surface area contributed by atoms with E-state index in [-0.39, 0.29) is 36.7 Å². The zero-order chi connectivity index (χ0) is 17.4. The lowest BCUT2D eigenvalue weighted by Gasteiger charge is -2.25. The number of aromatic amines is 1. The molecule has 2 aliphatic rings. The van der Waals surface area contributed by atoms with E-state index in [1.165, 1.54) is 4.90 Å². The standard InChI is InChI=1S/C19H19N3O3/c23-17(21-11-4-8-16(21)15-7-3-10-20-15)9-12-22-18(24)13-5-1-2-6-14(13)19(22)25/h1-3,5-7,10,16,20H,4,8-9,11-12H2. The fourth-order valence-corrected chi connectivity index (χ4v) is 3.73. The van der Waals surface area contributed by atoms with Crippen molar-refractivity contribution in [1.82, 2.24) is 14.8 Å². The van der Waals surface area contributed by atoms with Gasteiger partial charge in [0.1, 0.15) is 0 Å². The highest BCUT2D eigenvalue weighted by molar-refractivity contribution is 6.21. The lowest BCUT2D eigenvalue weighted by atomic mass is 10.1. The first kappa shape index (κ1) is 15.6. The maximum Gasteiger partial charge on any atom is 0.261 e. The van der Waals surface area contributed by atoms with Crippen molar-refractivity contribution < 1.29 is 14.4 Å². The third-order valence-corrected chi connectivity index (χ3v) is 4.98. The van der Waals surface area contributed by atoms with Gasteiger partial charge in [-0.25, -0.2) is 0 Å². The lowest BCUT2D eigenvalue weighted by molar-refractivity contribution is -0.132. The second-order valence-electron chi connectivity index (χ2n) is 6.43. The maximum atomic E-state index is 12.7. The number of imide groups is 1. The van der Waals surface area contributed by atoms with Crippen molar-refractivity contribution in [3.05, 3.63) is 59.4 Å². The van der Waals surface area contributed by atoms with Gasteiger partial charge in [0.25, 0.3) is 11.8 Å². The number of benzene rings is 1. The first-order valence-electron chi connectivity index (χ1n) is 8.55. The van der Waals surface area contributed by atoms with E-state index in [0.29, 0.717) is 17.7 Å². The van der Waals surface area contributed by atoms with Crippen LogP contribution in [0.15, 0.2) is 42.6 Å². The van der Waals surface area contributed by atoms with Crippen LogP contribution in [0.5, 0.6) is 0 Å². The summed E-state index contributed by atoms with van der Waals surface area (Å²) < 4.78 is 0. The minimum atomic E-state index is -0.310. The largest absolute Gasteiger partial charge is 0.363 e. The van der Waals surface area contributed by atoms with E-state index in [4.69, 9.17) is 0 Å². The van der Waals surface area contributed by atoms with Crippen molar-refractivity contribution in [3.63, 3.8) is 0 Å². The van der Waals surface area contributed by atoms with Gasteiger partial charge in [0.05, 0.1) is 17.2 Å². The van der Waals surface area contributed by atoms with Crippen LogP contribution in [-0.2, 0) is 4.79 Å². The van der Waals surface area contributed by atoms with Gasteiger partial charge in [-0.05, 0) is 37.1 Å². The Hall–Kier alpha value is -2.89. The van der Waals surface area contributed by atoms with E-state index < -0.39 is 0 Å². The third kappa shape index (κ3) is 2.63. The van der Waals surface area contributed by atoms with Crippen LogP contribution in [0.25, 0.3) is 0 Å². The molecule has 1 unspecified atom stereocenters. The normalized spacial score (nSPS) is 19.6. The molecule has 3 amide bonds. The van der Waals surface area contributed by atoms with Gasteiger partial charge in [-0.1, -0.05) is 12.1 Å². The Kier molecular flexibility index (Phi) is 3.87. The maximum absolute atomic E-state index is 12.7. The Labute approximate surface area is 145 Å². The van der Waals surface area contributed by atoms with Crippen LogP contribution in [0.2, 0.25) is 0 Å². The number of hydrogen-bond acceptors (Lipinski definition) is 3. The molecular weight excluding hydrogens is 318 g/mol. The Morgan fingerprint density at radius 3 is 2.44 bits per heavy atom. The zero-order valence-electron chi connectivity index (χ0n) is 13.8. The highest BCUT2D eigenvalue weighted by atomic mass is 16.2. The molecule has 3 heterocycles. The van der Waals surface area contributed by atoms with Gasteiger partial charge in [0.2, 0.25) is 5.91 Å². The number of aromatic nitrogens is 1. The van der Waals surface area contributed by atoms with Crippen LogP contribution in [-0.4, -0.2) is 45.6 Å². The van der Waals surface area contributed by atoms with E-state index in [1.54, 1.807) is 24.3 Å². The molecule has 6 heteroatoms. The van der Waals surface area contributed by atoms with Gasteiger partial charge in [0, 0.05) is 31.4 Å². The first-order chi connectivity index (χ1) is 12.2. The second-order valence-corrected chi connectivity index (χ2v) is 6.43. The summed E-state index contributed by atoms with van der Waals surface area (Å²) in [6.45, 7) is 0.837. The molecule has 1 N–H and O–H groups in total. The molecule has 4 rings (SSSR count). The smallest absolute Gasteiger partial charge is 0.261 e. The van der Waals surface area contributed by atoms with E-state index in [0.717, 1.165) is 18.5 Å². The number of fused-ring (bicyclic) bond motifs is 1. The topological polar surface area (TPSA) is 73.5 Å². The van der Waals surface area contributed by atoms with E-state index in [9.17, 15) is 14.4 Å². The fraction of sp³-hybridized carbons (Fsp3) is 0.316. The van der Waals surface area contributed by atoms with E-state index >= 15 is 0 Å². The number of amides is 3. The second kappa shape index (κ2) is 6.20. The summed E-state index contributed by atoms with van der Waals surface area (Å²) in [5, 5.41) is 0. The molecule has 1 aromatic heterocycles. The summed E-state index contributed by atoms with van der Waals surface area (Å²) in [6, 6.07) is 10.8. The summed E-state index contributed by atoms with van der Waals surface area (Å²) in [5.41, 5.74) is 1.88. The van der Waals surface area contributed by atoms with Crippen molar-refractivity contribution in [2.45, 2.75) is 25.3 Å². The number of hydrogen-bond donors (Lipinski definition) is 1. The number of carbonyl (C=O) groups excluding carboxylic acids is 3. The number of nitrogens with one attached hydrogen (secondary N) is 1. The van der Waals surface area contributed by atoms with Gasteiger partial charge in [-0.2, -0.15) is 0 Å². The summed E-state index contributed by atoms with van der Waals surface area (Å²) >= 11 is 0. The molecular formula is C19H19N3O3. The van der Waals surface area contributed by atoms with Crippen LogP contribution >= 0.6 is 0 Å². The van der Waals surface area contributed by atoms with Gasteiger partial charge >= 0.3 is 0 Å². The molecule has 1 saturated heterocycles. The molecule has 0 radical (unpaired) electrons. The number of H-pyrrole nitrogens is 1. The highest BCUT2D eigenvalue weighted by Crippen LogP contribution is 2.31. The van der Waals surface area contributed by atoms with Crippen molar-refractivity contribution in [1.29, 1.82) is 0 Å². The van der Waals surface area contributed by atoms with Crippen LogP contribution in [0, 0.1) is 0 Å². The van der Waals surface area contributed by atoms with Crippen LogP contribution < -0.4 is 0 Å². The van der Waals surface area contributed by atoms with Gasteiger partial charge in [-0.3, -0.25) is 19.3 Å². The molecule has 128 valence electrons. The first-order valence-corrected chi connectivity index (χ1v) is 8.55. The molecule has 0 spiro atoms. The Balaban J connectivity index is 1.43. The molecule has 0 aliphatic carbocycles. The number of likely N-dealkylation sites (tertiary alicyclic amines) is 1. The van der Waals surface area contributed by atoms with Crippen molar-refractivity contribution in [2.75, 3.05) is 13.1 Å². The van der Waals surface area contributed by atoms with Crippen molar-refractivity contribution in [2.24, 2.45) is 0 Å². The van der Waals surface area contributed by atoms with E-state index in [1.807, 2.05) is 23.2 Å². The molecule has 0 saturated carbocycles. The average molecular weight is 337 g/mol. The number of carbonyl (C=O) groups is 3. The molecule has 1 fully saturated rings. The molecule has 2 aromatic rings. The predicted octanol–water partition coefficient (Wildman–Crippen LogP) is 2.36. The summed E-state index contributed by atoms with van der Waals surface area (Å²) in [4.78, 5) is 43.6. The summed E-state index contributed by atoms with van der Waals surface area (Å²) in [7, 11) is 0. The molecule has 1 atom stereocenters. The van der Waals surface area contributed by atoms with Crippen LogP contribution in [0.1, 0.15) is 51.7 Å². The average Bonchev–Trinajstić information content (AvgIpc) is 3.35. The molecule has 25 heavy (non-hydrogen) atoms. The Morgan fingerprint density at radius 2 is 1.80 bits per heavy atom. The third-order valence-electron chi connectivity index (χ3n) is 4.98. The number of rotatable bonds is 4. The van der Waals surface area contributed by atoms with E-state index in [2.05, 4.69) is 4.98 Å². The Bertz CT molecular complexity index is 793. The van der Waals surface area contributed by atoms with Gasteiger partial charge in [0.15, 0.2) is 0 Å². The van der Waals surface area contributed by atoms with Crippen molar-refractivity contribution in [3.8, 4) is 0 Å². The van der Waals surface area contributed by atoms with Gasteiger partial charge in [-0.15, -0.1) is 0 Å². The minimum absolute atomic E-state index is 0.0198. The molecule has 0 bridgehead atoms. The Morgan fingerprint density at radius 1 is 1.08 bits per heavy atom. The summed E-state index contributed by atoms with van der Waals surface area (Å²) in [6.07, 6.45) is 3.90. The quantitative estimate of drug-likeness (QED) is 0.871. The monoisotopic (exact) mass is 337 g/mol. The molecule has 6 nitrogen and oxygen atoms in total. The predicted molar refractivity (Wildman–Crippen MR) is 90.9 cm³/mol. The number of nitrogens with zero attached hydrogens (tertiary/aromatic N) is 2.